The Labute approximate surface area is 120 Å². The Morgan fingerprint density at radius 2 is 2.25 bits per heavy atom. The van der Waals surface area contributed by atoms with Crippen molar-refractivity contribution in [2.45, 2.75) is 36.6 Å². The lowest BCUT2D eigenvalue weighted by molar-refractivity contribution is 0.286. The second kappa shape index (κ2) is 5.46. The smallest absolute Gasteiger partial charge is 0.246 e. The number of aromatic nitrogens is 2. The first-order valence-electron chi connectivity index (χ1n) is 7.28. The summed E-state index contributed by atoms with van der Waals surface area (Å²) in [5.41, 5.74) is 0. The fraction of sp³-hybridized carbons (Fsp3) is 0.769. The largest absolute Gasteiger partial charge is 0.316 e. The number of piperidine rings is 1. The number of hydrogen-bond donors (Lipinski definition) is 1. The Kier molecular flexibility index (Phi) is 3.83. The first-order chi connectivity index (χ1) is 9.57. The summed E-state index contributed by atoms with van der Waals surface area (Å²) in [5, 5.41) is 7.35. The third-order valence-corrected chi connectivity index (χ3v) is 5.95. The van der Waals surface area contributed by atoms with E-state index in [0.717, 1.165) is 38.8 Å². The molecule has 1 saturated carbocycles. The summed E-state index contributed by atoms with van der Waals surface area (Å²) in [7, 11) is -1.65. The third kappa shape index (κ3) is 2.89. The van der Waals surface area contributed by atoms with Crippen LogP contribution in [0.3, 0.4) is 0 Å². The number of hydrogen-bond acceptors (Lipinski definition) is 4. The molecule has 112 valence electrons. The Bertz CT molecular complexity index is 559. The lowest BCUT2D eigenvalue weighted by atomic mass is 10.00. The number of sulfonamides is 1. The zero-order chi connectivity index (χ0) is 14.2. The van der Waals surface area contributed by atoms with Crippen LogP contribution in [0.5, 0.6) is 0 Å². The Balaban J connectivity index is 1.79. The summed E-state index contributed by atoms with van der Waals surface area (Å²) < 4.78 is 28.8. The van der Waals surface area contributed by atoms with Gasteiger partial charge < -0.3 is 5.32 Å². The highest BCUT2D eigenvalue weighted by Crippen LogP contribution is 2.33. The van der Waals surface area contributed by atoms with Crippen LogP contribution in [0.4, 0.5) is 0 Å². The van der Waals surface area contributed by atoms with E-state index < -0.39 is 10.0 Å². The van der Waals surface area contributed by atoms with E-state index in [9.17, 15) is 8.42 Å². The van der Waals surface area contributed by atoms with Gasteiger partial charge in [-0.05, 0) is 44.7 Å². The molecule has 1 N–H and O–H groups in total. The quantitative estimate of drug-likeness (QED) is 0.863. The van der Waals surface area contributed by atoms with Gasteiger partial charge in [0.1, 0.15) is 4.90 Å². The van der Waals surface area contributed by atoms with Gasteiger partial charge in [-0.25, -0.2) is 8.42 Å². The molecule has 0 radical (unpaired) electrons. The number of aryl methyl sites for hydroxylation is 1. The maximum Gasteiger partial charge on any atom is 0.246 e. The molecule has 2 aliphatic rings. The van der Waals surface area contributed by atoms with Crippen molar-refractivity contribution in [2.24, 2.45) is 13.0 Å². The molecule has 1 aliphatic heterocycles. The van der Waals surface area contributed by atoms with Crippen LogP contribution in [-0.4, -0.2) is 48.2 Å². The highest BCUT2D eigenvalue weighted by molar-refractivity contribution is 7.89. The van der Waals surface area contributed by atoms with Crippen molar-refractivity contribution >= 4 is 10.0 Å². The van der Waals surface area contributed by atoms with Crippen molar-refractivity contribution in [3.63, 3.8) is 0 Å². The van der Waals surface area contributed by atoms with Gasteiger partial charge in [0.2, 0.25) is 10.0 Å². The van der Waals surface area contributed by atoms with Crippen molar-refractivity contribution in [1.82, 2.24) is 19.4 Å². The molecule has 0 spiro atoms. The van der Waals surface area contributed by atoms with E-state index in [1.54, 1.807) is 22.2 Å². The van der Waals surface area contributed by atoms with Crippen molar-refractivity contribution in [3.8, 4) is 0 Å². The van der Waals surface area contributed by atoms with Crippen LogP contribution in [0, 0.1) is 5.92 Å². The molecule has 1 aromatic rings. The van der Waals surface area contributed by atoms with E-state index in [2.05, 4.69) is 10.4 Å². The molecule has 1 aliphatic carbocycles. The molecule has 7 heteroatoms. The highest BCUT2D eigenvalue weighted by atomic mass is 32.2. The Hall–Kier alpha value is -0.920. The molecule has 1 unspecified atom stereocenters. The van der Waals surface area contributed by atoms with Gasteiger partial charge in [-0.15, -0.1) is 0 Å². The number of nitrogens with one attached hydrogen (secondary N) is 1. The predicted molar refractivity (Wildman–Crippen MR) is 75.7 cm³/mol. The van der Waals surface area contributed by atoms with Gasteiger partial charge in [-0.1, -0.05) is 0 Å². The van der Waals surface area contributed by atoms with Crippen LogP contribution >= 0.6 is 0 Å². The second-order valence-corrected chi connectivity index (χ2v) is 7.76. The molecule has 6 nitrogen and oxygen atoms in total. The van der Waals surface area contributed by atoms with Gasteiger partial charge in [-0.3, -0.25) is 4.68 Å². The van der Waals surface area contributed by atoms with Crippen LogP contribution < -0.4 is 5.32 Å². The Morgan fingerprint density at radius 1 is 1.45 bits per heavy atom. The van der Waals surface area contributed by atoms with E-state index in [-0.39, 0.29) is 6.04 Å². The van der Waals surface area contributed by atoms with Crippen molar-refractivity contribution in [2.75, 3.05) is 19.6 Å². The molecule has 1 atom stereocenters. The average Bonchev–Trinajstić information content (AvgIpc) is 3.17. The van der Waals surface area contributed by atoms with Gasteiger partial charge in [0.05, 0.1) is 6.20 Å². The summed E-state index contributed by atoms with van der Waals surface area (Å²) in [6, 6.07) is 0.196. The zero-order valence-electron chi connectivity index (χ0n) is 11.8. The molecule has 20 heavy (non-hydrogen) atoms. The molecule has 2 fully saturated rings. The first kappa shape index (κ1) is 14.0. The monoisotopic (exact) mass is 298 g/mol. The standard InChI is InChI=1S/C13H22N4O2S/c1-16-10-13(8-15-16)20(18,19)17(12-4-5-12)9-11-3-2-6-14-7-11/h8,10-12,14H,2-7,9H2,1H3. The van der Waals surface area contributed by atoms with Crippen LogP contribution in [0.2, 0.25) is 0 Å². The summed E-state index contributed by atoms with van der Waals surface area (Å²) in [6.07, 6.45) is 7.25. The summed E-state index contributed by atoms with van der Waals surface area (Å²) in [5.74, 6) is 0.427. The second-order valence-electron chi connectivity index (χ2n) is 5.87. The van der Waals surface area contributed by atoms with Crippen LogP contribution in [-0.2, 0) is 17.1 Å². The van der Waals surface area contributed by atoms with Crippen LogP contribution in [0.1, 0.15) is 25.7 Å². The predicted octanol–water partition coefficient (Wildman–Crippen LogP) is 0.573. The molecular formula is C13H22N4O2S. The SMILES string of the molecule is Cn1cc(S(=O)(=O)N(CC2CCCNC2)C2CC2)cn1. The van der Waals surface area contributed by atoms with Gasteiger partial charge in [0.25, 0.3) is 0 Å². The maximum absolute atomic E-state index is 12.8. The normalized spacial score (nSPS) is 24.2. The van der Waals surface area contributed by atoms with E-state index in [1.807, 2.05) is 0 Å². The van der Waals surface area contributed by atoms with Gasteiger partial charge >= 0.3 is 0 Å². The van der Waals surface area contributed by atoms with Crippen molar-refractivity contribution in [1.29, 1.82) is 0 Å². The lowest BCUT2D eigenvalue weighted by Gasteiger charge is -2.29. The van der Waals surface area contributed by atoms with Gasteiger partial charge in [0, 0.05) is 25.8 Å². The molecule has 0 aromatic carbocycles. The third-order valence-electron chi connectivity index (χ3n) is 4.08. The van der Waals surface area contributed by atoms with E-state index >= 15 is 0 Å². The van der Waals surface area contributed by atoms with Crippen molar-refractivity contribution < 1.29 is 8.42 Å². The molecule has 2 heterocycles. The first-order valence-corrected chi connectivity index (χ1v) is 8.72. The topological polar surface area (TPSA) is 67.2 Å². The lowest BCUT2D eigenvalue weighted by Crippen LogP contribution is -2.42. The highest BCUT2D eigenvalue weighted by Gasteiger charge is 2.39. The molecule has 3 rings (SSSR count). The molecule has 1 saturated heterocycles. The minimum atomic E-state index is -3.39. The minimum absolute atomic E-state index is 0.196. The van der Waals surface area contributed by atoms with E-state index in [4.69, 9.17) is 0 Å². The van der Waals surface area contributed by atoms with Gasteiger partial charge in [0.15, 0.2) is 0 Å². The molecule has 0 bridgehead atoms. The summed E-state index contributed by atoms with van der Waals surface area (Å²) >= 11 is 0. The maximum atomic E-state index is 12.8. The van der Waals surface area contributed by atoms with E-state index in [1.165, 1.54) is 6.20 Å². The zero-order valence-corrected chi connectivity index (χ0v) is 12.6. The van der Waals surface area contributed by atoms with Gasteiger partial charge in [-0.2, -0.15) is 9.40 Å². The molecular weight excluding hydrogens is 276 g/mol. The molecule has 0 amide bonds. The molecule has 1 aromatic heterocycles. The average molecular weight is 298 g/mol. The minimum Gasteiger partial charge on any atom is -0.316 e. The number of nitrogens with zero attached hydrogens (tertiary/aromatic N) is 3. The summed E-state index contributed by atoms with van der Waals surface area (Å²) in [6.45, 7) is 2.61. The van der Waals surface area contributed by atoms with Crippen LogP contribution in [0.25, 0.3) is 0 Å². The van der Waals surface area contributed by atoms with Crippen molar-refractivity contribution in [3.05, 3.63) is 12.4 Å². The summed E-state index contributed by atoms with van der Waals surface area (Å²) in [4.78, 5) is 0.315. The Morgan fingerprint density at radius 3 is 2.80 bits per heavy atom. The number of rotatable bonds is 5. The fourth-order valence-electron chi connectivity index (χ4n) is 2.81. The fourth-order valence-corrected chi connectivity index (χ4v) is 4.55. The van der Waals surface area contributed by atoms with Crippen LogP contribution in [0.15, 0.2) is 17.3 Å². The van der Waals surface area contributed by atoms with E-state index in [0.29, 0.717) is 17.4 Å².